The SMILES string of the molecule is CCOc1ccc(Oc2ccc(Br)cc2N)cc1. The Hall–Kier alpha value is -1.68. The van der Waals surface area contributed by atoms with Gasteiger partial charge in [0.2, 0.25) is 0 Å². The number of rotatable bonds is 4. The van der Waals surface area contributed by atoms with Crippen LogP contribution in [-0.4, -0.2) is 6.61 Å². The second-order valence-electron chi connectivity index (χ2n) is 3.69. The van der Waals surface area contributed by atoms with E-state index in [1.54, 1.807) is 0 Å². The van der Waals surface area contributed by atoms with E-state index in [0.29, 0.717) is 18.0 Å². The Morgan fingerprint density at radius 2 is 1.72 bits per heavy atom. The minimum atomic E-state index is 0.596. The summed E-state index contributed by atoms with van der Waals surface area (Å²) < 4.78 is 12.0. The molecule has 0 fully saturated rings. The zero-order chi connectivity index (χ0) is 13.0. The second-order valence-corrected chi connectivity index (χ2v) is 4.60. The van der Waals surface area contributed by atoms with Gasteiger partial charge in [-0.25, -0.2) is 0 Å². The van der Waals surface area contributed by atoms with Crippen LogP contribution in [0.5, 0.6) is 17.2 Å². The smallest absolute Gasteiger partial charge is 0.150 e. The predicted octanol–water partition coefficient (Wildman–Crippen LogP) is 4.22. The third kappa shape index (κ3) is 3.17. The maximum absolute atomic E-state index is 5.87. The summed E-state index contributed by atoms with van der Waals surface area (Å²) in [6, 6.07) is 13.0. The highest BCUT2D eigenvalue weighted by Gasteiger charge is 2.03. The molecule has 0 aliphatic heterocycles. The summed E-state index contributed by atoms with van der Waals surface area (Å²) in [7, 11) is 0. The van der Waals surface area contributed by atoms with Crippen molar-refractivity contribution >= 4 is 21.6 Å². The fourth-order valence-electron chi connectivity index (χ4n) is 1.51. The second kappa shape index (κ2) is 5.78. The molecule has 2 aromatic carbocycles. The summed E-state index contributed by atoms with van der Waals surface area (Å²) in [4.78, 5) is 0. The zero-order valence-corrected chi connectivity index (χ0v) is 11.6. The molecule has 0 aliphatic rings. The average Bonchev–Trinajstić information content (AvgIpc) is 2.35. The van der Waals surface area contributed by atoms with Crippen molar-refractivity contribution in [3.63, 3.8) is 0 Å². The first-order valence-corrected chi connectivity index (χ1v) is 6.44. The van der Waals surface area contributed by atoms with Crippen LogP contribution in [0.3, 0.4) is 0 Å². The van der Waals surface area contributed by atoms with Gasteiger partial charge in [0, 0.05) is 4.47 Å². The fourth-order valence-corrected chi connectivity index (χ4v) is 1.89. The molecular weight excluding hydrogens is 294 g/mol. The maximum atomic E-state index is 5.87. The van der Waals surface area contributed by atoms with Gasteiger partial charge in [-0.2, -0.15) is 0 Å². The Kier molecular flexibility index (Phi) is 4.10. The van der Waals surface area contributed by atoms with Crippen LogP contribution in [0.25, 0.3) is 0 Å². The fraction of sp³-hybridized carbons (Fsp3) is 0.143. The first-order valence-electron chi connectivity index (χ1n) is 5.65. The third-order valence-corrected chi connectivity index (χ3v) is 2.83. The predicted molar refractivity (Wildman–Crippen MR) is 76.2 cm³/mol. The quantitative estimate of drug-likeness (QED) is 0.860. The van der Waals surface area contributed by atoms with Gasteiger partial charge in [-0.05, 0) is 49.4 Å². The maximum Gasteiger partial charge on any atom is 0.150 e. The van der Waals surface area contributed by atoms with Crippen molar-refractivity contribution in [1.82, 2.24) is 0 Å². The normalized spacial score (nSPS) is 10.1. The van der Waals surface area contributed by atoms with Gasteiger partial charge in [-0.3, -0.25) is 0 Å². The van der Waals surface area contributed by atoms with Gasteiger partial charge in [0.15, 0.2) is 0 Å². The number of hydrogen-bond acceptors (Lipinski definition) is 3. The zero-order valence-electron chi connectivity index (χ0n) is 10.0. The van der Waals surface area contributed by atoms with E-state index >= 15 is 0 Å². The summed E-state index contributed by atoms with van der Waals surface area (Å²) in [5, 5.41) is 0. The van der Waals surface area contributed by atoms with E-state index in [2.05, 4.69) is 15.9 Å². The van der Waals surface area contributed by atoms with Crippen molar-refractivity contribution in [3.8, 4) is 17.2 Å². The van der Waals surface area contributed by atoms with Gasteiger partial charge in [-0.15, -0.1) is 0 Å². The van der Waals surface area contributed by atoms with Crippen LogP contribution in [-0.2, 0) is 0 Å². The molecule has 94 valence electrons. The van der Waals surface area contributed by atoms with Crippen LogP contribution in [0, 0.1) is 0 Å². The number of nitrogen functional groups attached to an aromatic ring is 1. The van der Waals surface area contributed by atoms with Gasteiger partial charge >= 0.3 is 0 Å². The van der Waals surface area contributed by atoms with Crippen LogP contribution in [0.4, 0.5) is 5.69 Å². The summed E-state index contributed by atoms with van der Waals surface area (Å²) in [6.07, 6.45) is 0. The minimum Gasteiger partial charge on any atom is -0.494 e. The molecule has 2 N–H and O–H groups in total. The summed E-state index contributed by atoms with van der Waals surface area (Å²) in [6.45, 7) is 2.60. The number of halogens is 1. The number of benzene rings is 2. The van der Waals surface area contributed by atoms with Crippen molar-refractivity contribution < 1.29 is 9.47 Å². The van der Waals surface area contributed by atoms with E-state index in [9.17, 15) is 0 Å². The lowest BCUT2D eigenvalue weighted by atomic mass is 10.3. The molecule has 0 saturated heterocycles. The topological polar surface area (TPSA) is 44.5 Å². The summed E-state index contributed by atoms with van der Waals surface area (Å²) in [5.41, 5.74) is 6.46. The molecule has 0 aliphatic carbocycles. The Morgan fingerprint density at radius 1 is 1.06 bits per heavy atom. The Morgan fingerprint density at radius 3 is 2.33 bits per heavy atom. The van der Waals surface area contributed by atoms with Crippen molar-refractivity contribution in [2.75, 3.05) is 12.3 Å². The number of hydrogen-bond donors (Lipinski definition) is 1. The third-order valence-electron chi connectivity index (χ3n) is 2.33. The van der Waals surface area contributed by atoms with E-state index in [1.165, 1.54) is 0 Å². The Bertz CT molecular complexity index is 526. The highest BCUT2D eigenvalue weighted by atomic mass is 79.9. The van der Waals surface area contributed by atoms with Crippen molar-refractivity contribution in [3.05, 3.63) is 46.9 Å². The highest BCUT2D eigenvalue weighted by Crippen LogP contribution is 2.30. The van der Waals surface area contributed by atoms with E-state index in [0.717, 1.165) is 16.0 Å². The molecule has 2 aromatic rings. The van der Waals surface area contributed by atoms with Crippen molar-refractivity contribution in [1.29, 1.82) is 0 Å². The number of ether oxygens (including phenoxy) is 2. The van der Waals surface area contributed by atoms with Crippen LogP contribution < -0.4 is 15.2 Å². The molecule has 0 radical (unpaired) electrons. The minimum absolute atomic E-state index is 0.596. The van der Waals surface area contributed by atoms with Gasteiger partial charge in [0.05, 0.1) is 12.3 Å². The summed E-state index contributed by atoms with van der Waals surface area (Å²) in [5.74, 6) is 2.20. The van der Waals surface area contributed by atoms with Crippen LogP contribution >= 0.6 is 15.9 Å². The van der Waals surface area contributed by atoms with Crippen LogP contribution in [0.2, 0.25) is 0 Å². The van der Waals surface area contributed by atoms with Crippen LogP contribution in [0.1, 0.15) is 6.92 Å². The Labute approximate surface area is 115 Å². The molecule has 0 aromatic heterocycles. The van der Waals surface area contributed by atoms with Gasteiger partial charge in [-0.1, -0.05) is 15.9 Å². The molecule has 0 atom stereocenters. The largest absolute Gasteiger partial charge is 0.494 e. The standard InChI is InChI=1S/C14H14BrNO2/c1-2-17-11-4-6-12(7-5-11)18-14-8-3-10(15)9-13(14)16/h3-9H,2,16H2,1H3. The van der Waals surface area contributed by atoms with Gasteiger partial charge in [0.25, 0.3) is 0 Å². The molecule has 0 spiro atoms. The lowest BCUT2D eigenvalue weighted by Crippen LogP contribution is -1.93. The first-order chi connectivity index (χ1) is 8.69. The molecular formula is C14H14BrNO2. The molecule has 0 heterocycles. The monoisotopic (exact) mass is 307 g/mol. The lowest BCUT2D eigenvalue weighted by Gasteiger charge is -2.09. The molecule has 0 amide bonds. The van der Waals surface area contributed by atoms with E-state index in [-0.39, 0.29) is 0 Å². The molecule has 18 heavy (non-hydrogen) atoms. The molecule has 2 rings (SSSR count). The average molecular weight is 308 g/mol. The lowest BCUT2D eigenvalue weighted by molar-refractivity contribution is 0.339. The van der Waals surface area contributed by atoms with Crippen LogP contribution in [0.15, 0.2) is 46.9 Å². The molecule has 3 nitrogen and oxygen atoms in total. The first kappa shape index (κ1) is 12.8. The van der Waals surface area contributed by atoms with E-state index in [1.807, 2.05) is 49.4 Å². The van der Waals surface area contributed by atoms with Gasteiger partial charge < -0.3 is 15.2 Å². The number of anilines is 1. The molecule has 4 heteroatoms. The van der Waals surface area contributed by atoms with E-state index < -0.39 is 0 Å². The van der Waals surface area contributed by atoms with E-state index in [4.69, 9.17) is 15.2 Å². The molecule has 0 saturated carbocycles. The highest BCUT2D eigenvalue weighted by molar-refractivity contribution is 9.10. The summed E-state index contributed by atoms with van der Waals surface area (Å²) >= 11 is 3.36. The molecule has 0 bridgehead atoms. The number of nitrogens with two attached hydrogens (primary N) is 1. The Balaban J connectivity index is 2.13. The van der Waals surface area contributed by atoms with Crippen molar-refractivity contribution in [2.45, 2.75) is 6.92 Å². The molecule has 0 unspecified atom stereocenters. The van der Waals surface area contributed by atoms with Gasteiger partial charge in [0.1, 0.15) is 17.2 Å². The van der Waals surface area contributed by atoms with Crippen molar-refractivity contribution in [2.24, 2.45) is 0 Å².